The molecule has 5 N–H and O–H groups in total. The Morgan fingerprint density at radius 2 is 1.61 bits per heavy atom. The predicted octanol–water partition coefficient (Wildman–Crippen LogP) is -0.381. The van der Waals surface area contributed by atoms with Gasteiger partial charge >= 0.3 is 22.3 Å². The third kappa shape index (κ3) is 10.3. The Kier molecular flexibility index (Phi) is 12.5. The summed E-state index contributed by atoms with van der Waals surface area (Å²) in [6, 6.07) is 4.41. The summed E-state index contributed by atoms with van der Waals surface area (Å²) in [4.78, 5) is 61.3. The Bertz CT molecular complexity index is 1200. The lowest BCUT2D eigenvalue weighted by molar-refractivity contribution is -0.146. The maximum atomic E-state index is 12.8. The minimum atomic E-state index is -4.27. The van der Waals surface area contributed by atoms with E-state index in [0.717, 1.165) is 4.31 Å². The van der Waals surface area contributed by atoms with Crippen molar-refractivity contribution in [2.45, 2.75) is 52.3 Å². The summed E-state index contributed by atoms with van der Waals surface area (Å²) in [6.45, 7) is 3.73. The van der Waals surface area contributed by atoms with Crippen LogP contribution in [0.15, 0.2) is 24.3 Å². The van der Waals surface area contributed by atoms with Crippen molar-refractivity contribution in [3.63, 3.8) is 0 Å². The van der Waals surface area contributed by atoms with Crippen LogP contribution in [0.1, 0.15) is 39.2 Å². The van der Waals surface area contributed by atoms with E-state index in [9.17, 15) is 32.4 Å². The van der Waals surface area contributed by atoms with Gasteiger partial charge in [0, 0.05) is 18.8 Å². The van der Waals surface area contributed by atoms with Crippen LogP contribution in [0.25, 0.3) is 0 Å². The number of benzene rings is 1. The van der Waals surface area contributed by atoms with E-state index >= 15 is 0 Å². The van der Waals surface area contributed by atoms with Crippen molar-refractivity contribution >= 4 is 45.7 Å². The van der Waals surface area contributed by atoms with Crippen LogP contribution >= 0.6 is 0 Å². The fourth-order valence-corrected chi connectivity index (χ4v) is 4.98. The number of amides is 4. The Morgan fingerprint density at radius 1 is 1.00 bits per heavy atom. The molecule has 1 aromatic carbocycles. The van der Waals surface area contributed by atoms with E-state index in [2.05, 4.69) is 20.7 Å². The quantitative estimate of drug-likeness (QED) is 0.197. The van der Waals surface area contributed by atoms with Gasteiger partial charge in [0.15, 0.2) is 6.61 Å². The summed E-state index contributed by atoms with van der Waals surface area (Å²) in [5.41, 5.74) is 1.13. The first-order chi connectivity index (χ1) is 19.3. The molecule has 0 radical (unpaired) electrons. The van der Waals surface area contributed by atoms with Gasteiger partial charge < -0.3 is 30.5 Å². The molecule has 1 saturated heterocycles. The standard InChI is InChI=1S/C25H37N5O10S/c1-15(2)21(23(34)26-16(3)22(33)27-19-7-5-17(13-31)6-8-19)28-20(32)14-40-25(36)29-41(37,38)30-11-9-18(10-12-30)24(35)39-4/h5-8,15-16,18,21,31H,9-14H2,1-4H3,(H,26,34)(H,27,33)(H,28,32)(H,29,36)/t16-,21-/m0/s1. The highest BCUT2D eigenvalue weighted by molar-refractivity contribution is 7.87. The van der Waals surface area contributed by atoms with Crippen molar-refractivity contribution < 1.29 is 47.0 Å². The topological polar surface area (TPSA) is 210 Å². The molecule has 0 aliphatic carbocycles. The van der Waals surface area contributed by atoms with Crippen molar-refractivity contribution in [1.82, 2.24) is 19.7 Å². The average Bonchev–Trinajstić information content (AvgIpc) is 2.94. The molecule has 2 atom stereocenters. The van der Waals surface area contributed by atoms with Crippen molar-refractivity contribution in [2.24, 2.45) is 11.8 Å². The van der Waals surface area contributed by atoms with Gasteiger partial charge in [-0.1, -0.05) is 26.0 Å². The lowest BCUT2D eigenvalue weighted by Crippen LogP contribution is -2.54. The summed E-state index contributed by atoms with van der Waals surface area (Å²) in [5, 5.41) is 16.7. The van der Waals surface area contributed by atoms with Gasteiger partial charge in [0.05, 0.1) is 19.6 Å². The second-order valence-corrected chi connectivity index (χ2v) is 11.4. The summed E-state index contributed by atoms with van der Waals surface area (Å²) in [5.74, 6) is -3.32. The van der Waals surface area contributed by atoms with Crippen molar-refractivity contribution in [3.05, 3.63) is 29.8 Å². The molecule has 1 heterocycles. The van der Waals surface area contributed by atoms with Crippen LogP contribution in [0, 0.1) is 11.8 Å². The molecule has 0 spiro atoms. The van der Waals surface area contributed by atoms with E-state index in [1.54, 1.807) is 42.8 Å². The minimum absolute atomic E-state index is 0.0134. The number of nitrogens with zero attached hydrogens (tertiary/aromatic N) is 1. The molecule has 1 aliphatic rings. The van der Waals surface area contributed by atoms with E-state index in [0.29, 0.717) is 11.3 Å². The van der Waals surface area contributed by atoms with Crippen molar-refractivity contribution in [1.29, 1.82) is 0 Å². The second-order valence-electron chi connectivity index (χ2n) is 9.74. The van der Waals surface area contributed by atoms with Gasteiger partial charge in [0.2, 0.25) is 11.8 Å². The molecule has 41 heavy (non-hydrogen) atoms. The number of ether oxygens (including phenoxy) is 2. The Hall–Kier alpha value is -3.76. The van der Waals surface area contributed by atoms with Gasteiger partial charge in [0.1, 0.15) is 12.1 Å². The van der Waals surface area contributed by atoms with Crippen molar-refractivity contribution in [2.75, 3.05) is 32.1 Å². The smallest absolute Gasteiger partial charge is 0.422 e. The number of rotatable bonds is 12. The lowest BCUT2D eigenvalue weighted by atomic mass is 9.99. The molecule has 0 unspecified atom stereocenters. The number of esters is 1. The fraction of sp³-hybridized carbons (Fsp3) is 0.560. The van der Waals surface area contributed by atoms with Crippen LogP contribution in [-0.2, 0) is 45.5 Å². The first-order valence-corrected chi connectivity index (χ1v) is 14.3. The second kappa shape index (κ2) is 15.3. The highest BCUT2D eigenvalue weighted by atomic mass is 32.2. The first kappa shape index (κ1) is 33.4. The van der Waals surface area contributed by atoms with Gasteiger partial charge in [-0.15, -0.1) is 0 Å². The number of nitrogens with one attached hydrogen (secondary N) is 4. The van der Waals surface area contributed by atoms with Gasteiger partial charge in [-0.25, -0.2) is 9.52 Å². The first-order valence-electron chi connectivity index (χ1n) is 12.9. The third-order valence-electron chi connectivity index (χ3n) is 6.30. The number of piperidine rings is 1. The van der Waals surface area contributed by atoms with Crippen LogP contribution in [0.5, 0.6) is 0 Å². The van der Waals surface area contributed by atoms with Crippen LogP contribution in [0.4, 0.5) is 10.5 Å². The maximum absolute atomic E-state index is 12.8. The number of hydrogen-bond acceptors (Lipinski definition) is 10. The fourth-order valence-electron chi connectivity index (χ4n) is 3.89. The van der Waals surface area contributed by atoms with Crippen molar-refractivity contribution in [3.8, 4) is 0 Å². The molecule has 16 heteroatoms. The van der Waals surface area contributed by atoms with Gasteiger partial charge in [-0.3, -0.25) is 19.2 Å². The summed E-state index contributed by atoms with van der Waals surface area (Å²) in [6.07, 6.45) is -0.943. The van der Waals surface area contributed by atoms with Gasteiger partial charge in [0.25, 0.3) is 5.91 Å². The molecule has 4 amide bonds. The zero-order valence-corrected chi connectivity index (χ0v) is 24.2. The van der Waals surface area contributed by atoms with Crippen LogP contribution in [-0.4, -0.2) is 86.5 Å². The monoisotopic (exact) mass is 599 g/mol. The molecule has 0 bridgehead atoms. The van der Waals surface area contributed by atoms with E-state index < -0.39 is 70.5 Å². The van der Waals surface area contributed by atoms with Crippen LogP contribution in [0.2, 0.25) is 0 Å². The zero-order valence-electron chi connectivity index (χ0n) is 23.3. The molecular weight excluding hydrogens is 562 g/mol. The largest absolute Gasteiger partial charge is 0.469 e. The summed E-state index contributed by atoms with van der Waals surface area (Å²) >= 11 is 0. The Labute approximate surface area is 238 Å². The molecule has 0 aromatic heterocycles. The van der Waals surface area contributed by atoms with E-state index in [-0.39, 0.29) is 32.5 Å². The average molecular weight is 600 g/mol. The SMILES string of the molecule is COC(=O)C1CCN(S(=O)(=O)NC(=O)OCC(=O)N[C@H](C(=O)N[C@@H](C)C(=O)Nc2ccc(CO)cc2)C(C)C)CC1. The van der Waals surface area contributed by atoms with E-state index in [1.807, 2.05) is 0 Å². The van der Waals surface area contributed by atoms with Crippen LogP contribution < -0.4 is 20.7 Å². The summed E-state index contributed by atoms with van der Waals surface area (Å²) in [7, 11) is -3.03. The molecule has 2 rings (SSSR count). The molecule has 1 aliphatic heterocycles. The number of anilines is 1. The number of methoxy groups -OCH3 is 1. The van der Waals surface area contributed by atoms with E-state index in [1.165, 1.54) is 14.0 Å². The predicted molar refractivity (Wildman–Crippen MR) is 145 cm³/mol. The van der Waals surface area contributed by atoms with Gasteiger partial charge in [-0.2, -0.15) is 12.7 Å². The highest BCUT2D eigenvalue weighted by Gasteiger charge is 2.33. The number of carbonyl (C=O) groups excluding carboxylic acids is 5. The Balaban J connectivity index is 1.83. The number of aliphatic hydroxyl groups is 1. The summed E-state index contributed by atoms with van der Waals surface area (Å²) < 4.78 is 37.0. The minimum Gasteiger partial charge on any atom is -0.469 e. The maximum Gasteiger partial charge on any atom is 0.422 e. The number of hydrogen-bond donors (Lipinski definition) is 5. The van der Waals surface area contributed by atoms with Gasteiger partial charge in [-0.05, 0) is 43.4 Å². The molecule has 0 saturated carbocycles. The molecule has 1 aromatic rings. The number of aliphatic hydroxyl groups excluding tert-OH is 1. The van der Waals surface area contributed by atoms with Crippen LogP contribution in [0.3, 0.4) is 0 Å². The normalized spacial score (nSPS) is 15.8. The highest BCUT2D eigenvalue weighted by Crippen LogP contribution is 2.20. The Morgan fingerprint density at radius 3 is 2.15 bits per heavy atom. The molecule has 15 nitrogen and oxygen atoms in total. The molecular formula is C25H37N5O10S. The molecule has 228 valence electrons. The molecule has 1 fully saturated rings. The third-order valence-corrected chi connectivity index (χ3v) is 7.77. The lowest BCUT2D eigenvalue weighted by Gasteiger charge is -2.29. The number of carbonyl (C=O) groups is 5. The van der Waals surface area contributed by atoms with E-state index in [4.69, 9.17) is 9.84 Å². The zero-order chi connectivity index (χ0) is 30.7.